The van der Waals surface area contributed by atoms with Gasteiger partial charge in [0, 0.05) is 5.56 Å². The van der Waals surface area contributed by atoms with Gasteiger partial charge in [-0.25, -0.2) is 0 Å². The van der Waals surface area contributed by atoms with Crippen LogP contribution in [0.2, 0.25) is 0 Å². The summed E-state index contributed by atoms with van der Waals surface area (Å²) in [5, 5.41) is 0. The van der Waals surface area contributed by atoms with Crippen molar-refractivity contribution in [2.45, 2.75) is 52.4 Å². The van der Waals surface area contributed by atoms with Gasteiger partial charge in [-0.1, -0.05) is 26.8 Å². The smallest absolute Gasteiger partial charge is 0.159 e. The molecule has 0 fully saturated rings. The number of hydrogen-bond donors (Lipinski definition) is 1. The normalized spacial score (nSPS) is 11.6. The summed E-state index contributed by atoms with van der Waals surface area (Å²) >= 11 is 0. The first-order chi connectivity index (χ1) is 8.34. The predicted octanol–water partition coefficient (Wildman–Crippen LogP) is 3.47. The molecule has 0 unspecified atom stereocenters. The van der Waals surface area contributed by atoms with Crippen molar-refractivity contribution in [1.82, 2.24) is 0 Å². The minimum absolute atomic E-state index is 0.0775. The molecule has 0 spiro atoms. The van der Waals surface area contributed by atoms with Gasteiger partial charge in [-0.2, -0.15) is 0 Å². The van der Waals surface area contributed by atoms with Crippen molar-refractivity contribution in [1.29, 1.82) is 0 Å². The monoisotopic (exact) mass is 247 g/mol. The number of carbonyl (C=O) groups is 1. The zero-order valence-corrected chi connectivity index (χ0v) is 12.0. The maximum Gasteiger partial charge on any atom is 0.159 e. The van der Waals surface area contributed by atoms with Gasteiger partial charge in [0.2, 0.25) is 0 Å². The largest absolute Gasteiger partial charge is 0.330 e. The van der Waals surface area contributed by atoms with Crippen molar-refractivity contribution < 1.29 is 4.79 Å². The molecule has 0 amide bonds. The maximum absolute atomic E-state index is 11.6. The summed E-state index contributed by atoms with van der Waals surface area (Å²) in [7, 11) is 0. The third kappa shape index (κ3) is 4.26. The molecule has 0 radical (unpaired) electrons. The Labute approximate surface area is 111 Å². The average Bonchev–Trinajstić information content (AvgIpc) is 2.28. The fourth-order valence-electron chi connectivity index (χ4n) is 1.95. The highest BCUT2D eigenvalue weighted by molar-refractivity contribution is 5.94. The van der Waals surface area contributed by atoms with E-state index in [-0.39, 0.29) is 11.2 Å². The Bertz CT molecular complexity index is 416. The van der Waals surface area contributed by atoms with E-state index in [0.29, 0.717) is 0 Å². The highest BCUT2D eigenvalue weighted by Crippen LogP contribution is 2.25. The maximum atomic E-state index is 11.6. The van der Waals surface area contributed by atoms with Gasteiger partial charge in [0.15, 0.2) is 5.78 Å². The summed E-state index contributed by atoms with van der Waals surface area (Å²) < 4.78 is 0. The zero-order chi connectivity index (χ0) is 13.8. The third-order valence-corrected chi connectivity index (χ3v) is 3.18. The summed E-state index contributed by atoms with van der Waals surface area (Å²) in [5.41, 5.74) is 8.90. The standard InChI is InChI=1S/C16H25NO/c1-12(18)14-9-13(7-5-6-8-17)10-15(11-14)16(2,3)4/h9-11H,5-8,17H2,1-4H3. The van der Waals surface area contributed by atoms with Gasteiger partial charge < -0.3 is 5.73 Å². The lowest BCUT2D eigenvalue weighted by Crippen LogP contribution is -2.13. The molecule has 2 N–H and O–H groups in total. The Morgan fingerprint density at radius 2 is 1.83 bits per heavy atom. The molecule has 0 aromatic heterocycles. The number of hydrogen-bond acceptors (Lipinski definition) is 2. The predicted molar refractivity (Wildman–Crippen MR) is 77.1 cm³/mol. The van der Waals surface area contributed by atoms with Gasteiger partial charge in [0.05, 0.1) is 0 Å². The van der Waals surface area contributed by atoms with Gasteiger partial charge in [-0.05, 0) is 61.4 Å². The van der Waals surface area contributed by atoms with Gasteiger partial charge in [0.1, 0.15) is 0 Å². The van der Waals surface area contributed by atoms with Crippen molar-refractivity contribution in [3.8, 4) is 0 Å². The quantitative estimate of drug-likeness (QED) is 0.639. The van der Waals surface area contributed by atoms with E-state index >= 15 is 0 Å². The molecule has 0 aliphatic rings. The first kappa shape index (κ1) is 14.9. The second kappa shape index (κ2) is 6.14. The number of rotatable bonds is 5. The molecule has 1 aromatic rings. The summed E-state index contributed by atoms with van der Waals surface area (Å²) in [6, 6.07) is 6.27. The Kier molecular flexibility index (Phi) is 5.09. The van der Waals surface area contributed by atoms with Gasteiger partial charge >= 0.3 is 0 Å². The molecule has 100 valence electrons. The summed E-state index contributed by atoms with van der Waals surface area (Å²) in [4.78, 5) is 11.6. The molecule has 2 nitrogen and oxygen atoms in total. The van der Waals surface area contributed by atoms with Crippen LogP contribution in [0, 0.1) is 0 Å². The molecule has 0 aliphatic carbocycles. The van der Waals surface area contributed by atoms with Gasteiger partial charge in [0.25, 0.3) is 0 Å². The van der Waals surface area contributed by atoms with Crippen LogP contribution in [0.3, 0.4) is 0 Å². The molecule has 2 heteroatoms. The SMILES string of the molecule is CC(=O)c1cc(CCCCN)cc(C(C)(C)C)c1. The first-order valence-corrected chi connectivity index (χ1v) is 6.70. The van der Waals surface area contributed by atoms with Crippen molar-refractivity contribution in [2.75, 3.05) is 6.54 Å². The second-order valence-corrected chi connectivity index (χ2v) is 5.97. The summed E-state index contributed by atoms with van der Waals surface area (Å²) in [6.07, 6.45) is 3.12. The van der Waals surface area contributed by atoms with Crippen LogP contribution in [-0.4, -0.2) is 12.3 Å². The number of ketones is 1. The lowest BCUT2D eigenvalue weighted by atomic mass is 9.84. The average molecular weight is 247 g/mol. The number of benzene rings is 1. The molecule has 1 aromatic carbocycles. The fraction of sp³-hybridized carbons (Fsp3) is 0.562. The Morgan fingerprint density at radius 3 is 2.33 bits per heavy atom. The second-order valence-electron chi connectivity index (χ2n) is 5.97. The molecular formula is C16H25NO. The van der Waals surface area contributed by atoms with Gasteiger partial charge in [-0.3, -0.25) is 4.79 Å². The lowest BCUT2D eigenvalue weighted by molar-refractivity contribution is 0.101. The minimum Gasteiger partial charge on any atom is -0.330 e. The number of Topliss-reactive ketones (excluding diaryl/α,β-unsaturated/α-hetero) is 1. The van der Waals surface area contributed by atoms with Crippen LogP contribution in [0.4, 0.5) is 0 Å². The van der Waals surface area contributed by atoms with Crippen LogP contribution in [0.1, 0.15) is 62.0 Å². The topological polar surface area (TPSA) is 43.1 Å². The lowest BCUT2D eigenvalue weighted by Gasteiger charge is -2.21. The van der Waals surface area contributed by atoms with E-state index in [4.69, 9.17) is 5.73 Å². The zero-order valence-electron chi connectivity index (χ0n) is 12.0. The van der Waals surface area contributed by atoms with E-state index < -0.39 is 0 Å². The van der Waals surface area contributed by atoms with Crippen LogP contribution in [-0.2, 0) is 11.8 Å². The molecule has 0 heterocycles. The number of unbranched alkanes of at least 4 members (excludes halogenated alkanes) is 1. The number of nitrogens with two attached hydrogens (primary N) is 1. The molecule has 0 atom stereocenters. The van der Waals surface area contributed by atoms with E-state index in [1.54, 1.807) is 6.92 Å². The third-order valence-electron chi connectivity index (χ3n) is 3.18. The van der Waals surface area contributed by atoms with Crippen molar-refractivity contribution in [3.63, 3.8) is 0 Å². The van der Waals surface area contributed by atoms with E-state index in [9.17, 15) is 4.79 Å². The van der Waals surface area contributed by atoms with Crippen molar-refractivity contribution in [3.05, 3.63) is 34.9 Å². The van der Waals surface area contributed by atoms with Crippen LogP contribution >= 0.6 is 0 Å². The van der Waals surface area contributed by atoms with Crippen LogP contribution < -0.4 is 5.73 Å². The molecule has 18 heavy (non-hydrogen) atoms. The van der Waals surface area contributed by atoms with Crippen LogP contribution in [0.25, 0.3) is 0 Å². The summed E-state index contributed by atoms with van der Waals surface area (Å²) in [6.45, 7) is 8.89. The number of carbonyl (C=O) groups excluding carboxylic acids is 1. The minimum atomic E-state index is 0.0775. The van der Waals surface area contributed by atoms with Crippen LogP contribution in [0.15, 0.2) is 18.2 Å². The van der Waals surface area contributed by atoms with Crippen molar-refractivity contribution in [2.24, 2.45) is 5.73 Å². The van der Waals surface area contributed by atoms with E-state index in [1.165, 1.54) is 11.1 Å². The molecular weight excluding hydrogens is 222 g/mol. The molecule has 1 rings (SSSR count). The Balaban J connectivity index is 3.03. The van der Waals surface area contributed by atoms with Gasteiger partial charge in [-0.15, -0.1) is 0 Å². The van der Waals surface area contributed by atoms with Crippen molar-refractivity contribution >= 4 is 5.78 Å². The Morgan fingerprint density at radius 1 is 1.17 bits per heavy atom. The highest BCUT2D eigenvalue weighted by Gasteiger charge is 2.16. The molecule has 0 saturated heterocycles. The van der Waals surface area contributed by atoms with E-state index in [1.807, 2.05) is 12.1 Å². The van der Waals surface area contributed by atoms with Crippen LogP contribution in [0.5, 0.6) is 0 Å². The first-order valence-electron chi connectivity index (χ1n) is 6.70. The Hall–Kier alpha value is -1.15. The molecule has 0 aliphatic heterocycles. The fourth-order valence-corrected chi connectivity index (χ4v) is 1.95. The van der Waals surface area contributed by atoms with E-state index in [2.05, 4.69) is 26.8 Å². The molecule has 0 saturated carbocycles. The van der Waals surface area contributed by atoms with E-state index in [0.717, 1.165) is 31.4 Å². The highest BCUT2D eigenvalue weighted by atomic mass is 16.1. The summed E-state index contributed by atoms with van der Waals surface area (Å²) in [5.74, 6) is 0.140. The number of aryl methyl sites for hydroxylation is 1. The molecule has 0 bridgehead atoms.